The first-order valence-electron chi connectivity index (χ1n) is 6.96. The molecule has 0 aliphatic heterocycles. The zero-order chi connectivity index (χ0) is 16.3. The van der Waals surface area contributed by atoms with E-state index in [1.54, 1.807) is 14.1 Å². The Balaban J connectivity index is 2.99. The maximum Gasteiger partial charge on any atom is 0.330 e. The third-order valence-electron chi connectivity index (χ3n) is 3.84. The van der Waals surface area contributed by atoms with Crippen molar-refractivity contribution in [2.45, 2.75) is 32.9 Å². The second-order valence-corrected chi connectivity index (χ2v) is 5.52. The Morgan fingerprint density at radius 2 is 1.95 bits per heavy atom. The lowest BCUT2D eigenvalue weighted by Gasteiger charge is -2.24. The first-order valence-corrected chi connectivity index (χ1v) is 6.96. The van der Waals surface area contributed by atoms with E-state index in [1.165, 1.54) is 22.7 Å². The Kier molecular flexibility index (Phi) is 5.48. The number of aromatic nitrogens is 2. The van der Waals surface area contributed by atoms with Gasteiger partial charge in [0.25, 0.3) is 5.56 Å². The van der Waals surface area contributed by atoms with Gasteiger partial charge >= 0.3 is 5.69 Å². The predicted octanol–water partition coefficient (Wildman–Crippen LogP) is -0.584. The average Bonchev–Trinajstić information content (AvgIpc) is 2.47. The van der Waals surface area contributed by atoms with E-state index in [9.17, 15) is 14.4 Å². The van der Waals surface area contributed by atoms with E-state index in [0.29, 0.717) is 5.56 Å². The highest BCUT2D eigenvalue weighted by molar-refractivity contribution is 5.81. The molecule has 1 heterocycles. The van der Waals surface area contributed by atoms with Crippen LogP contribution in [0.15, 0.2) is 15.8 Å². The van der Waals surface area contributed by atoms with Crippen molar-refractivity contribution >= 4 is 5.91 Å². The molecule has 7 nitrogen and oxygen atoms in total. The number of carbonyl (C=O) groups excluding carboxylic acids is 1. The smallest absolute Gasteiger partial charge is 0.330 e. The van der Waals surface area contributed by atoms with Crippen LogP contribution in [0.1, 0.15) is 25.8 Å². The molecule has 0 aliphatic rings. The van der Waals surface area contributed by atoms with E-state index in [1.807, 2.05) is 13.8 Å². The van der Waals surface area contributed by atoms with Crippen LogP contribution in [-0.4, -0.2) is 33.0 Å². The number of nitrogens with two attached hydrogens (primary N) is 1. The number of hydrogen-bond acceptors (Lipinski definition) is 4. The molecule has 0 spiro atoms. The van der Waals surface area contributed by atoms with Gasteiger partial charge in [-0.05, 0) is 5.92 Å². The lowest BCUT2D eigenvalue weighted by Crippen LogP contribution is -2.46. The summed E-state index contributed by atoms with van der Waals surface area (Å²) in [5.41, 5.74) is 5.51. The van der Waals surface area contributed by atoms with Crippen LogP contribution < -0.4 is 17.0 Å². The SMILES string of the molecule is CCC(C)[C@H](N)C(=O)N(C)Cc1cn(C)c(=O)n(C)c1=O. The Labute approximate surface area is 124 Å². The molecule has 1 unspecified atom stereocenters. The van der Waals surface area contributed by atoms with Crippen LogP contribution in [0.3, 0.4) is 0 Å². The Morgan fingerprint density at radius 3 is 2.48 bits per heavy atom. The largest absolute Gasteiger partial charge is 0.340 e. The molecule has 1 rings (SSSR count). The quantitative estimate of drug-likeness (QED) is 0.787. The van der Waals surface area contributed by atoms with Gasteiger partial charge in [0.1, 0.15) is 0 Å². The molecular formula is C14H24N4O3. The minimum Gasteiger partial charge on any atom is -0.340 e. The summed E-state index contributed by atoms with van der Waals surface area (Å²) in [6, 6.07) is -0.587. The van der Waals surface area contributed by atoms with E-state index in [0.717, 1.165) is 11.0 Å². The maximum atomic E-state index is 12.2. The van der Waals surface area contributed by atoms with Crippen LogP contribution in [0, 0.1) is 5.92 Å². The lowest BCUT2D eigenvalue weighted by molar-refractivity contribution is -0.133. The summed E-state index contributed by atoms with van der Waals surface area (Å²) < 4.78 is 2.35. The molecule has 2 N–H and O–H groups in total. The Hall–Kier alpha value is -1.89. The summed E-state index contributed by atoms with van der Waals surface area (Å²) in [6.45, 7) is 4.02. The number of amides is 1. The number of nitrogens with zero attached hydrogens (tertiary/aromatic N) is 3. The number of hydrogen-bond donors (Lipinski definition) is 1. The van der Waals surface area contributed by atoms with Crippen LogP contribution in [0.2, 0.25) is 0 Å². The molecule has 1 amide bonds. The molecule has 0 saturated carbocycles. The molecule has 118 valence electrons. The van der Waals surface area contributed by atoms with Crippen molar-refractivity contribution in [1.82, 2.24) is 14.0 Å². The van der Waals surface area contributed by atoms with Crippen molar-refractivity contribution in [2.24, 2.45) is 25.7 Å². The fourth-order valence-electron chi connectivity index (χ4n) is 2.08. The predicted molar refractivity (Wildman–Crippen MR) is 80.8 cm³/mol. The van der Waals surface area contributed by atoms with Gasteiger partial charge in [-0.2, -0.15) is 0 Å². The van der Waals surface area contributed by atoms with E-state index >= 15 is 0 Å². The van der Waals surface area contributed by atoms with Crippen molar-refractivity contribution in [3.05, 3.63) is 32.6 Å². The van der Waals surface area contributed by atoms with Crippen LogP contribution in [0.4, 0.5) is 0 Å². The topological polar surface area (TPSA) is 90.3 Å². The molecule has 0 aliphatic carbocycles. The van der Waals surface area contributed by atoms with E-state index < -0.39 is 17.3 Å². The minimum absolute atomic E-state index is 0.0721. The molecule has 0 aromatic carbocycles. The summed E-state index contributed by atoms with van der Waals surface area (Å²) in [5, 5.41) is 0. The third kappa shape index (κ3) is 3.60. The Bertz CT molecular complexity index is 632. The molecule has 0 fully saturated rings. The molecule has 1 aromatic rings. The standard InChI is InChI=1S/C14H24N4O3/c1-6-9(2)11(15)13(20)16(3)7-10-8-17(4)14(21)18(5)12(10)19/h8-9,11H,6-7,15H2,1-5H3/t9?,11-/m0/s1. The van der Waals surface area contributed by atoms with Gasteiger partial charge in [0.2, 0.25) is 5.91 Å². The van der Waals surface area contributed by atoms with Gasteiger partial charge in [-0.3, -0.25) is 14.2 Å². The zero-order valence-corrected chi connectivity index (χ0v) is 13.3. The normalized spacial score (nSPS) is 13.8. The molecule has 0 radical (unpaired) electrons. The maximum absolute atomic E-state index is 12.2. The average molecular weight is 296 g/mol. The summed E-state index contributed by atoms with van der Waals surface area (Å²) in [6.07, 6.45) is 2.27. The second-order valence-electron chi connectivity index (χ2n) is 5.52. The summed E-state index contributed by atoms with van der Waals surface area (Å²) in [4.78, 5) is 37.3. The van der Waals surface area contributed by atoms with Crippen LogP contribution >= 0.6 is 0 Å². The highest BCUT2D eigenvalue weighted by Crippen LogP contribution is 2.09. The van der Waals surface area contributed by atoms with Crippen LogP contribution in [0.25, 0.3) is 0 Å². The first-order chi connectivity index (χ1) is 9.70. The lowest BCUT2D eigenvalue weighted by atomic mass is 9.99. The molecule has 2 atom stereocenters. The molecule has 0 bridgehead atoms. The van der Waals surface area contributed by atoms with Crippen molar-refractivity contribution in [3.63, 3.8) is 0 Å². The summed E-state index contributed by atoms with van der Waals surface area (Å²) in [7, 11) is 4.59. The summed E-state index contributed by atoms with van der Waals surface area (Å²) >= 11 is 0. The van der Waals surface area contributed by atoms with Crippen molar-refractivity contribution in [1.29, 1.82) is 0 Å². The van der Waals surface area contributed by atoms with Crippen molar-refractivity contribution in [2.75, 3.05) is 7.05 Å². The monoisotopic (exact) mass is 296 g/mol. The van der Waals surface area contributed by atoms with Gasteiger partial charge in [-0.25, -0.2) is 4.79 Å². The van der Waals surface area contributed by atoms with Crippen molar-refractivity contribution in [3.8, 4) is 0 Å². The highest BCUT2D eigenvalue weighted by atomic mass is 16.2. The number of aryl methyl sites for hydroxylation is 1. The Morgan fingerprint density at radius 1 is 1.38 bits per heavy atom. The van der Waals surface area contributed by atoms with E-state index in [2.05, 4.69) is 0 Å². The molecule has 0 saturated heterocycles. The van der Waals surface area contributed by atoms with Gasteiger partial charge < -0.3 is 15.2 Å². The van der Waals surface area contributed by atoms with Crippen LogP contribution in [-0.2, 0) is 25.4 Å². The molecular weight excluding hydrogens is 272 g/mol. The number of carbonyl (C=O) groups is 1. The number of likely N-dealkylation sites (N-methyl/N-ethyl adjacent to an activating group) is 1. The number of rotatable bonds is 5. The fourth-order valence-corrected chi connectivity index (χ4v) is 2.08. The molecule has 7 heteroatoms. The molecule has 1 aromatic heterocycles. The van der Waals surface area contributed by atoms with Gasteiger partial charge in [-0.1, -0.05) is 20.3 Å². The minimum atomic E-state index is -0.587. The fraction of sp³-hybridized carbons (Fsp3) is 0.643. The third-order valence-corrected chi connectivity index (χ3v) is 3.84. The van der Waals surface area contributed by atoms with Crippen molar-refractivity contribution < 1.29 is 4.79 Å². The van der Waals surface area contributed by atoms with Gasteiger partial charge in [-0.15, -0.1) is 0 Å². The van der Waals surface area contributed by atoms with Crippen LogP contribution in [0.5, 0.6) is 0 Å². The second kappa shape index (κ2) is 6.71. The highest BCUT2D eigenvalue weighted by Gasteiger charge is 2.23. The van der Waals surface area contributed by atoms with Gasteiger partial charge in [0.05, 0.1) is 18.2 Å². The van der Waals surface area contributed by atoms with Gasteiger partial charge in [0, 0.05) is 27.3 Å². The van der Waals surface area contributed by atoms with Gasteiger partial charge in [0.15, 0.2) is 0 Å². The summed E-state index contributed by atoms with van der Waals surface area (Å²) in [5.74, 6) is -0.136. The zero-order valence-electron chi connectivity index (χ0n) is 13.3. The van der Waals surface area contributed by atoms with E-state index in [-0.39, 0.29) is 18.4 Å². The molecule has 21 heavy (non-hydrogen) atoms. The first kappa shape index (κ1) is 17.2. The van der Waals surface area contributed by atoms with E-state index in [4.69, 9.17) is 5.73 Å².